The second kappa shape index (κ2) is 6.25. The van der Waals surface area contributed by atoms with Gasteiger partial charge in [0.25, 0.3) is 0 Å². The Morgan fingerprint density at radius 2 is 2.20 bits per heavy atom. The lowest BCUT2D eigenvalue weighted by atomic mass is 10.1. The Hall–Kier alpha value is -0.900. The van der Waals surface area contributed by atoms with Crippen LogP contribution in [0.4, 0.5) is 0 Å². The van der Waals surface area contributed by atoms with E-state index in [0.29, 0.717) is 12.1 Å². The predicted octanol–water partition coefficient (Wildman–Crippen LogP) is 3.86. The van der Waals surface area contributed by atoms with E-state index in [1.54, 1.807) is 0 Å². The van der Waals surface area contributed by atoms with Gasteiger partial charge in [-0.25, -0.2) is 0 Å². The number of benzene rings is 1. The second-order valence-electron chi connectivity index (χ2n) is 6.07. The summed E-state index contributed by atoms with van der Waals surface area (Å²) in [6.07, 6.45) is 2.66. The van der Waals surface area contributed by atoms with Crippen LogP contribution in [-0.4, -0.2) is 30.1 Å². The molecule has 3 heteroatoms. The molecule has 2 aromatic rings. The normalized spacial score (nSPS) is 19.5. The average molecular weight is 288 g/mol. The van der Waals surface area contributed by atoms with Crippen molar-refractivity contribution in [2.24, 2.45) is 0 Å². The van der Waals surface area contributed by atoms with Crippen LogP contribution in [0.15, 0.2) is 29.6 Å². The zero-order chi connectivity index (χ0) is 13.9. The highest BCUT2D eigenvalue weighted by atomic mass is 32.1. The van der Waals surface area contributed by atoms with Crippen LogP contribution < -0.4 is 5.32 Å². The zero-order valence-electron chi connectivity index (χ0n) is 12.4. The molecule has 1 N–H and O–H groups in total. The number of fused-ring (bicyclic) bond motifs is 1. The van der Waals surface area contributed by atoms with Gasteiger partial charge < -0.3 is 5.32 Å². The molecule has 1 aromatic heterocycles. The van der Waals surface area contributed by atoms with E-state index in [9.17, 15) is 0 Å². The van der Waals surface area contributed by atoms with Crippen molar-refractivity contribution in [3.63, 3.8) is 0 Å². The molecule has 2 heterocycles. The summed E-state index contributed by atoms with van der Waals surface area (Å²) in [6, 6.07) is 10.0. The van der Waals surface area contributed by atoms with Gasteiger partial charge in [0.2, 0.25) is 0 Å². The molecular weight excluding hydrogens is 264 g/mol. The van der Waals surface area contributed by atoms with Gasteiger partial charge in [0.1, 0.15) is 0 Å². The van der Waals surface area contributed by atoms with Crippen molar-refractivity contribution in [3.8, 4) is 0 Å². The quantitative estimate of drug-likeness (QED) is 0.898. The fourth-order valence-corrected chi connectivity index (χ4v) is 3.98. The molecule has 2 nitrogen and oxygen atoms in total. The predicted molar refractivity (Wildman–Crippen MR) is 88.4 cm³/mol. The number of nitrogens with one attached hydrogen (secondary N) is 1. The summed E-state index contributed by atoms with van der Waals surface area (Å²) in [5.74, 6) is 0. The van der Waals surface area contributed by atoms with Gasteiger partial charge in [-0.1, -0.05) is 18.2 Å². The van der Waals surface area contributed by atoms with Crippen molar-refractivity contribution in [3.05, 3.63) is 35.2 Å². The van der Waals surface area contributed by atoms with Crippen molar-refractivity contribution >= 4 is 21.4 Å². The lowest BCUT2D eigenvalue weighted by Gasteiger charge is -2.29. The largest absolute Gasteiger partial charge is 0.313 e. The third kappa shape index (κ3) is 3.05. The Kier molecular flexibility index (Phi) is 4.39. The van der Waals surface area contributed by atoms with Gasteiger partial charge in [-0.05, 0) is 55.6 Å². The SMILES string of the molecule is CC(C)N(Cc1csc2ccccc12)CC1CCCN1. The summed E-state index contributed by atoms with van der Waals surface area (Å²) >= 11 is 1.87. The van der Waals surface area contributed by atoms with Gasteiger partial charge in [-0.3, -0.25) is 4.90 Å². The Balaban J connectivity index is 1.75. The minimum atomic E-state index is 0.594. The van der Waals surface area contributed by atoms with Crippen molar-refractivity contribution in [2.45, 2.75) is 45.3 Å². The summed E-state index contributed by atoms with van der Waals surface area (Å²) in [5.41, 5.74) is 1.48. The van der Waals surface area contributed by atoms with E-state index in [2.05, 4.69) is 53.7 Å². The van der Waals surface area contributed by atoms with Gasteiger partial charge in [0, 0.05) is 29.9 Å². The first kappa shape index (κ1) is 14.1. The maximum Gasteiger partial charge on any atom is 0.0346 e. The number of nitrogens with zero attached hydrogens (tertiary/aromatic N) is 1. The van der Waals surface area contributed by atoms with Gasteiger partial charge >= 0.3 is 0 Å². The Morgan fingerprint density at radius 1 is 1.35 bits per heavy atom. The molecule has 1 saturated heterocycles. The fraction of sp³-hybridized carbons (Fsp3) is 0.529. The van der Waals surface area contributed by atoms with Crippen LogP contribution in [0.3, 0.4) is 0 Å². The van der Waals surface area contributed by atoms with Crippen LogP contribution in [0, 0.1) is 0 Å². The topological polar surface area (TPSA) is 15.3 Å². The fourth-order valence-electron chi connectivity index (χ4n) is 3.03. The van der Waals surface area contributed by atoms with Crippen LogP contribution in [-0.2, 0) is 6.54 Å². The highest BCUT2D eigenvalue weighted by Crippen LogP contribution is 2.27. The third-order valence-electron chi connectivity index (χ3n) is 4.28. The first-order valence-electron chi connectivity index (χ1n) is 7.66. The van der Waals surface area contributed by atoms with Crippen LogP contribution in [0.5, 0.6) is 0 Å². The minimum absolute atomic E-state index is 0.594. The molecule has 0 bridgehead atoms. The molecule has 3 rings (SSSR count). The van der Waals surface area contributed by atoms with E-state index in [1.807, 2.05) is 11.3 Å². The summed E-state index contributed by atoms with van der Waals surface area (Å²) in [6.45, 7) is 8.05. The van der Waals surface area contributed by atoms with Crippen LogP contribution >= 0.6 is 11.3 Å². The summed E-state index contributed by atoms with van der Waals surface area (Å²) in [4.78, 5) is 2.61. The molecule has 0 radical (unpaired) electrons. The minimum Gasteiger partial charge on any atom is -0.313 e. The summed E-state index contributed by atoms with van der Waals surface area (Å²) in [5, 5.41) is 7.39. The maximum atomic E-state index is 3.62. The number of rotatable bonds is 5. The highest BCUT2D eigenvalue weighted by molar-refractivity contribution is 7.17. The molecule has 1 atom stereocenters. The van der Waals surface area contributed by atoms with Crippen molar-refractivity contribution < 1.29 is 0 Å². The molecule has 1 aromatic carbocycles. The summed E-state index contributed by atoms with van der Waals surface area (Å²) in [7, 11) is 0. The monoisotopic (exact) mass is 288 g/mol. The lowest BCUT2D eigenvalue weighted by molar-refractivity contribution is 0.195. The zero-order valence-corrected chi connectivity index (χ0v) is 13.2. The first-order valence-corrected chi connectivity index (χ1v) is 8.54. The first-order chi connectivity index (χ1) is 9.74. The molecule has 1 aliphatic rings. The highest BCUT2D eigenvalue weighted by Gasteiger charge is 2.20. The molecule has 1 unspecified atom stereocenters. The molecule has 0 aliphatic carbocycles. The number of hydrogen-bond donors (Lipinski definition) is 1. The van der Waals surface area contributed by atoms with E-state index in [1.165, 1.54) is 41.6 Å². The van der Waals surface area contributed by atoms with E-state index in [0.717, 1.165) is 6.54 Å². The molecule has 1 fully saturated rings. The standard InChI is InChI=1S/C17H24N2S/c1-13(2)19(11-15-6-5-9-18-15)10-14-12-20-17-8-4-3-7-16(14)17/h3-4,7-8,12-13,15,18H,5-6,9-11H2,1-2H3. The van der Waals surface area contributed by atoms with E-state index >= 15 is 0 Å². The van der Waals surface area contributed by atoms with E-state index < -0.39 is 0 Å². The van der Waals surface area contributed by atoms with Gasteiger partial charge in [-0.2, -0.15) is 0 Å². The lowest BCUT2D eigenvalue weighted by Crippen LogP contribution is -2.40. The van der Waals surface area contributed by atoms with Crippen molar-refractivity contribution in [1.29, 1.82) is 0 Å². The molecule has 20 heavy (non-hydrogen) atoms. The van der Waals surface area contributed by atoms with Crippen LogP contribution in [0.1, 0.15) is 32.3 Å². The Labute approximate surface area is 125 Å². The Bertz CT molecular complexity index is 555. The molecule has 0 spiro atoms. The molecule has 0 saturated carbocycles. The summed E-state index contributed by atoms with van der Waals surface area (Å²) < 4.78 is 1.41. The number of thiophene rings is 1. The third-order valence-corrected chi connectivity index (χ3v) is 5.29. The molecule has 1 aliphatic heterocycles. The maximum absolute atomic E-state index is 3.62. The Morgan fingerprint density at radius 3 is 2.95 bits per heavy atom. The second-order valence-corrected chi connectivity index (χ2v) is 6.98. The van der Waals surface area contributed by atoms with E-state index in [4.69, 9.17) is 0 Å². The average Bonchev–Trinajstić information content (AvgIpc) is 3.08. The molecular formula is C17H24N2S. The molecule has 0 amide bonds. The van der Waals surface area contributed by atoms with Gasteiger partial charge in [0.05, 0.1) is 0 Å². The van der Waals surface area contributed by atoms with Crippen molar-refractivity contribution in [2.75, 3.05) is 13.1 Å². The van der Waals surface area contributed by atoms with Gasteiger partial charge in [0.15, 0.2) is 0 Å². The van der Waals surface area contributed by atoms with E-state index in [-0.39, 0.29) is 0 Å². The smallest absolute Gasteiger partial charge is 0.0346 e. The van der Waals surface area contributed by atoms with Gasteiger partial charge in [-0.15, -0.1) is 11.3 Å². The van der Waals surface area contributed by atoms with Crippen LogP contribution in [0.25, 0.3) is 10.1 Å². The van der Waals surface area contributed by atoms with Crippen molar-refractivity contribution in [1.82, 2.24) is 10.2 Å². The van der Waals surface area contributed by atoms with Crippen LogP contribution in [0.2, 0.25) is 0 Å². The molecule has 108 valence electrons. The number of hydrogen-bond acceptors (Lipinski definition) is 3.